The second kappa shape index (κ2) is 9.06. The highest BCUT2D eigenvalue weighted by Crippen LogP contribution is 2.50. The van der Waals surface area contributed by atoms with E-state index in [1.54, 1.807) is 36.4 Å². The summed E-state index contributed by atoms with van der Waals surface area (Å²) in [6.45, 7) is 0. The maximum atomic E-state index is 13.0. The number of fused-ring (bicyclic) bond motifs is 3. The van der Waals surface area contributed by atoms with Gasteiger partial charge in [-0.15, -0.1) is 0 Å². The van der Waals surface area contributed by atoms with E-state index in [1.807, 2.05) is 18.2 Å². The number of hydrogen-bond donors (Lipinski definition) is 1. The van der Waals surface area contributed by atoms with E-state index < -0.39 is 11.9 Å². The summed E-state index contributed by atoms with van der Waals surface area (Å²) in [5.41, 5.74) is 3.26. The summed E-state index contributed by atoms with van der Waals surface area (Å²) in [6.07, 6.45) is 5.04. The number of nitrogens with zero attached hydrogens (tertiary/aromatic N) is 1. The maximum absolute atomic E-state index is 13.0. The molecule has 0 bridgehead atoms. The molecule has 0 saturated carbocycles. The number of carbonyl (C=O) groups is 2. The average Bonchev–Trinajstić information content (AvgIpc) is 3.38. The predicted octanol–water partition coefficient (Wildman–Crippen LogP) is 5.43. The third kappa shape index (κ3) is 4.14. The van der Waals surface area contributed by atoms with Gasteiger partial charge in [-0.2, -0.15) is 0 Å². The van der Waals surface area contributed by atoms with Gasteiger partial charge in [0.1, 0.15) is 11.3 Å². The summed E-state index contributed by atoms with van der Waals surface area (Å²) >= 11 is 0. The molecule has 8 heteroatoms. The molecule has 1 aliphatic heterocycles. The number of non-ortho nitro benzene ring substituents is 1. The SMILES string of the molecule is COC(=O)c1ccccc1OC(=O)c1ccc2c(c1)[C@H]1C=CC[C@@H]1[C@H](c1cccc([N+](=O)[O-])c1)N2. The number of ether oxygens (including phenoxy) is 2. The maximum Gasteiger partial charge on any atom is 0.343 e. The van der Waals surface area contributed by atoms with Crippen LogP contribution in [-0.2, 0) is 4.74 Å². The number of esters is 2. The number of hydrogen-bond acceptors (Lipinski definition) is 7. The van der Waals surface area contributed by atoms with Crippen LogP contribution in [0.4, 0.5) is 11.4 Å². The van der Waals surface area contributed by atoms with Crippen LogP contribution >= 0.6 is 0 Å². The summed E-state index contributed by atoms with van der Waals surface area (Å²) in [6, 6.07) is 18.3. The van der Waals surface area contributed by atoms with E-state index in [0.29, 0.717) is 5.56 Å². The molecule has 3 aromatic rings. The van der Waals surface area contributed by atoms with Crippen molar-refractivity contribution in [3.63, 3.8) is 0 Å². The zero-order valence-electron chi connectivity index (χ0n) is 18.8. The number of nitro benzene ring substituents is 1. The first-order chi connectivity index (χ1) is 17.0. The standard InChI is InChI=1S/C27H22N2O6/c1-34-27(31)21-8-2-3-11-24(21)35-26(30)17-12-13-23-22(15-17)19-9-5-10-20(19)25(28-23)16-6-4-7-18(14-16)29(32)33/h2-9,11-15,19-20,25,28H,10H2,1H3/t19-,20-,25-/m0/s1. The molecule has 1 heterocycles. The molecular weight excluding hydrogens is 448 g/mol. The quantitative estimate of drug-likeness (QED) is 0.174. The molecule has 0 amide bonds. The molecule has 176 valence electrons. The summed E-state index contributed by atoms with van der Waals surface area (Å²) in [7, 11) is 1.27. The van der Waals surface area contributed by atoms with Crippen LogP contribution in [0, 0.1) is 16.0 Å². The van der Waals surface area contributed by atoms with E-state index in [0.717, 1.165) is 23.2 Å². The van der Waals surface area contributed by atoms with Crippen LogP contribution < -0.4 is 10.1 Å². The lowest BCUT2D eigenvalue weighted by molar-refractivity contribution is -0.384. The normalized spacial score (nSPS) is 19.7. The van der Waals surface area contributed by atoms with Gasteiger partial charge in [-0.25, -0.2) is 9.59 Å². The predicted molar refractivity (Wildman–Crippen MR) is 129 cm³/mol. The van der Waals surface area contributed by atoms with Crippen molar-refractivity contribution < 1.29 is 24.0 Å². The number of anilines is 1. The van der Waals surface area contributed by atoms with Crippen LogP contribution in [0.3, 0.4) is 0 Å². The highest BCUT2D eigenvalue weighted by atomic mass is 16.6. The number of benzene rings is 3. The molecule has 3 aromatic carbocycles. The minimum absolute atomic E-state index is 0.0469. The molecule has 0 radical (unpaired) electrons. The lowest BCUT2D eigenvalue weighted by Gasteiger charge is -2.37. The Hall–Kier alpha value is -4.46. The van der Waals surface area contributed by atoms with Crippen molar-refractivity contribution in [2.75, 3.05) is 12.4 Å². The Labute approximate surface area is 201 Å². The number of rotatable bonds is 5. The van der Waals surface area contributed by atoms with Crippen LogP contribution in [-0.4, -0.2) is 24.0 Å². The molecule has 5 rings (SSSR count). The van der Waals surface area contributed by atoms with Crippen molar-refractivity contribution in [3.05, 3.63) is 111 Å². The van der Waals surface area contributed by atoms with Crippen molar-refractivity contribution >= 4 is 23.3 Å². The fraction of sp³-hybridized carbons (Fsp3) is 0.185. The lowest BCUT2D eigenvalue weighted by Crippen LogP contribution is -2.29. The molecule has 3 atom stereocenters. The Kier molecular flexibility index (Phi) is 5.78. The minimum Gasteiger partial charge on any atom is -0.465 e. The molecule has 0 unspecified atom stereocenters. The number of methoxy groups -OCH3 is 1. The first-order valence-electron chi connectivity index (χ1n) is 11.2. The Balaban J connectivity index is 1.44. The number of nitro groups is 1. The summed E-state index contributed by atoms with van der Waals surface area (Å²) in [5, 5.41) is 14.8. The van der Waals surface area contributed by atoms with Gasteiger partial charge in [-0.05, 0) is 53.8 Å². The highest BCUT2D eigenvalue weighted by molar-refractivity contribution is 5.96. The molecule has 0 aromatic heterocycles. The van der Waals surface area contributed by atoms with Crippen molar-refractivity contribution in [2.45, 2.75) is 18.4 Å². The van der Waals surface area contributed by atoms with Gasteiger partial charge in [0.15, 0.2) is 0 Å². The van der Waals surface area contributed by atoms with Gasteiger partial charge in [-0.3, -0.25) is 10.1 Å². The highest BCUT2D eigenvalue weighted by Gasteiger charge is 2.38. The van der Waals surface area contributed by atoms with Crippen molar-refractivity contribution in [1.29, 1.82) is 0 Å². The first kappa shape index (κ1) is 22.3. The minimum atomic E-state index is -0.589. The second-order valence-corrected chi connectivity index (χ2v) is 8.51. The zero-order chi connectivity index (χ0) is 24.5. The number of para-hydroxylation sites is 1. The van der Waals surface area contributed by atoms with Crippen LogP contribution in [0.15, 0.2) is 78.9 Å². The van der Waals surface area contributed by atoms with Gasteiger partial charge in [0.05, 0.1) is 23.6 Å². The monoisotopic (exact) mass is 470 g/mol. The van der Waals surface area contributed by atoms with Crippen molar-refractivity contribution in [2.24, 2.45) is 5.92 Å². The Morgan fingerprint density at radius 3 is 2.66 bits per heavy atom. The van der Waals surface area contributed by atoms with Gasteiger partial charge in [0.25, 0.3) is 5.69 Å². The largest absolute Gasteiger partial charge is 0.465 e. The molecular formula is C27H22N2O6. The molecule has 0 saturated heterocycles. The summed E-state index contributed by atoms with van der Waals surface area (Å²) in [4.78, 5) is 35.9. The fourth-order valence-corrected chi connectivity index (χ4v) is 4.88. The molecule has 8 nitrogen and oxygen atoms in total. The Bertz CT molecular complexity index is 1370. The third-order valence-electron chi connectivity index (χ3n) is 6.53. The molecule has 2 aliphatic rings. The van der Waals surface area contributed by atoms with E-state index in [2.05, 4.69) is 17.5 Å². The molecule has 35 heavy (non-hydrogen) atoms. The van der Waals surface area contributed by atoms with Crippen molar-refractivity contribution in [1.82, 2.24) is 0 Å². The van der Waals surface area contributed by atoms with Crippen LogP contribution in [0.2, 0.25) is 0 Å². The van der Waals surface area contributed by atoms with Crippen LogP contribution in [0.5, 0.6) is 5.75 Å². The van der Waals surface area contributed by atoms with E-state index in [9.17, 15) is 19.7 Å². The molecule has 1 aliphatic carbocycles. The molecule has 1 N–H and O–H groups in total. The van der Waals surface area contributed by atoms with Gasteiger partial charge >= 0.3 is 11.9 Å². The Morgan fingerprint density at radius 2 is 1.86 bits per heavy atom. The van der Waals surface area contributed by atoms with E-state index in [-0.39, 0.29) is 39.8 Å². The van der Waals surface area contributed by atoms with Crippen LogP contribution in [0.25, 0.3) is 0 Å². The molecule has 0 spiro atoms. The topological polar surface area (TPSA) is 108 Å². The molecule has 0 fully saturated rings. The number of nitrogens with one attached hydrogen (secondary N) is 1. The van der Waals surface area contributed by atoms with E-state index in [4.69, 9.17) is 9.47 Å². The number of carbonyl (C=O) groups excluding carboxylic acids is 2. The van der Waals surface area contributed by atoms with E-state index in [1.165, 1.54) is 19.2 Å². The smallest absolute Gasteiger partial charge is 0.343 e. The number of allylic oxidation sites excluding steroid dienone is 2. The Morgan fingerprint density at radius 1 is 1.03 bits per heavy atom. The van der Waals surface area contributed by atoms with Gasteiger partial charge in [-0.1, -0.05) is 36.4 Å². The van der Waals surface area contributed by atoms with Crippen LogP contribution in [0.1, 0.15) is 50.2 Å². The first-order valence-corrected chi connectivity index (χ1v) is 11.2. The van der Waals surface area contributed by atoms with Gasteiger partial charge < -0.3 is 14.8 Å². The second-order valence-electron chi connectivity index (χ2n) is 8.51. The van der Waals surface area contributed by atoms with Crippen molar-refractivity contribution in [3.8, 4) is 5.75 Å². The summed E-state index contributed by atoms with van der Waals surface area (Å²) in [5.74, 6) is -0.844. The van der Waals surface area contributed by atoms with Gasteiger partial charge in [0, 0.05) is 23.7 Å². The fourth-order valence-electron chi connectivity index (χ4n) is 4.88. The zero-order valence-corrected chi connectivity index (χ0v) is 18.8. The summed E-state index contributed by atoms with van der Waals surface area (Å²) < 4.78 is 10.3. The van der Waals surface area contributed by atoms with E-state index >= 15 is 0 Å². The van der Waals surface area contributed by atoms with Gasteiger partial charge in [0.2, 0.25) is 0 Å². The average molecular weight is 470 g/mol. The third-order valence-corrected chi connectivity index (χ3v) is 6.53. The lowest BCUT2D eigenvalue weighted by atomic mass is 9.76.